The molecular weight excluding hydrogens is 289 g/mol. The Balaban J connectivity index is 1.88. The zero-order chi connectivity index (χ0) is 15.7. The van der Waals surface area contributed by atoms with Crippen LogP contribution in [0.15, 0.2) is 30.3 Å². The number of aryl methyl sites for hydroxylation is 1. The molecule has 0 radical (unpaired) electrons. The van der Waals surface area contributed by atoms with Crippen molar-refractivity contribution in [2.75, 3.05) is 11.9 Å². The number of benzene rings is 1. The highest BCUT2D eigenvalue weighted by Crippen LogP contribution is 2.36. The molecule has 6 nitrogen and oxygen atoms in total. The molecule has 1 aliphatic heterocycles. The molecule has 22 heavy (non-hydrogen) atoms. The molecule has 0 amide bonds. The normalized spacial score (nSPS) is 16.5. The van der Waals surface area contributed by atoms with E-state index >= 15 is 0 Å². The van der Waals surface area contributed by atoms with Gasteiger partial charge in [-0.05, 0) is 19.1 Å². The molecule has 1 aromatic heterocycles. The zero-order valence-corrected chi connectivity index (χ0v) is 11.9. The molecule has 1 aliphatic rings. The van der Waals surface area contributed by atoms with Gasteiger partial charge in [-0.3, -0.25) is 10.1 Å². The number of rotatable bonds is 3. The van der Waals surface area contributed by atoms with Crippen LogP contribution >= 0.6 is 0 Å². The fourth-order valence-electron chi connectivity index (χ4n) is 2.54. The first-order valence-corrected chi connectivity index (χ1v) is 6.86. The number of nitro groups is 1. The average Bonchev–Trinajstić information content (AvgIpc) is 2.48. The van der Waals surface area contributed by atoms with Gasteiger partial charge in [-0.25, -0.2) is 9.37 Å². The van der Waals surface area contributed by atoms with Crippen LogP contribution in [0.1, 0.15) is 23.7 Å². The van der Waals surface area contributed by atoms with E-state index in [0.717, 1.165) is 5.56 Å². The minimum absolute atomic E-state index is 0.0241. The van der Waals surface area contributed by atoms with Crippen LogP contribution in [-0.4, -0.2) is 16.5 Å². The molecule has 2 heterocycles. The number of hydrogen-bond donors (Lipinski definition) is 1. The summed E-state index contributed by atoms with van der Waals surface area (Å²) < 4.78 is 19.1. The second-order valence-corrected chi connectivity index (χ2v) is 5.05. The molecule has 2 aromatic rings. The van der Waals surface area contributed by atoms with Gasteiger partial charge < -0.3 is 10.1 Å². The molecule has 0 bridgehead atoms. The van der Waals surface area contributed by atoms with Gasteiger partial charge in [-0.2, -0.15) is 0 Å². The molecule has 0 saturated heterocycles. The Hall–Kier alpha value is -2.70. The van der Waals surface area contributed by atoms with Crippen LogP contribution in [-0.2, 0) is 0 Å². The van der Waals surface area contributed by atoms with E-state index in [4.69, 9.17) is 4.74 Å². The van der Waals surface area contributed by atoms with E-state index in [-0.39, 0.29) is 17.5 Å². The average molecular weight is 303 g/mol. The van der Waals surface area contributed by atoms with Gasteiger partial charge in [0.05, 0.1) is 17.6 Å². The quantitative estimate of drug-likeness (QED) is 0.695. The molecule has 7 heteroatoms. The summed E-state index contributed by atoms with van der Waals surface area (Å²) in [6, 6.07) is 7.61. The van der Waals surface area contributed by atoms with Crippen LogP contribution in [0.4, 0.5) is 15.9 Å². The fraction of sp³-hybridized carbons (Fsp3) is 0.267. The summed E-state index contributed by atoms with van der Waals surface area (Å²) in [7, 11) is 0. The molecular formula is C15H14FN3O3. The lowest BCUT2D eigenvalue weighted by Crippen LogP contribution is -2.21. The number of ether oxygens (including phenoxy) is 1. The third-order valence-corrected chi connectivity index (χ3v) is 3.60. The minimum Gasteiger partial charge on any atom is -0.490 e. The van der Waals surface area contributed by atoms with E-state index in [1.807, 2.05) is 0 Å². The van der Waals surface area contributed by atoms with Gasteiger partial charge in [0.1, 0.15) is 11.5 Å². The smallest absolute Gasteiger partial charge is 0.290 e. The Morgan fingerprint density at radius 2 is 2.23 bits per heavy atom. The van der Waals surface area contributed by atoms with Gasteiger partial charge in [0.15, 0.2) is 11.6 Å². The van der Waals surface area contributed by atoms with Crippen LogP contribution in [0.3, 0.4) is 0 Å². The van der Waals surface area contributed by atoms with Gasteiger partial charge in [0.2, 0.25) is 0 Å². The lowest BCUT2D eigenvalue weighted by Gasteiger charge is -2.27. The Bertz CT molecular complexity index is 736. The lowest BCUT2D eigenvalue weighted by molar-refractivity contribution is -0.385. The Morgan fingerprint density at radius 3 is 2.95 bits per heavy atom. The van der Waals surface area contributed by atoms with Gasteiger partial charge in [-0.1, -0.05) is 12.1 Å². The molecule has 0 unspecified atom stereocenters. The minimum atomic E-state index is -0.467. The molecule has 0 aliphatic carbocycles. The van der Waals surface area contributed by atoms with E-state index in [9.17, 15) is 14.5 Å². The van der Waals surface area contributed by atoms with Gasteiger partial charge in [0.25, 0.3) is 5.69 Å². The van der Waals surface area contributed by atoms with Crippen molar-refractivity contribution in [1.29, 1.82) is 0 Å². The maximum atomic E-state index is 13.7. The predicted octanol–water partition coefficient (Wildman–Crippen LogP) is 3.37. The third-order valence-electron chi connectivity index (χ3n) is 3.60. The number of anilines is 1. The van der Waals surface area contributed by atoms with Crippen molar-refractivity contribution < 1.29 is 14.1 Å². The van der Waals surface area contributed by atoms with Gasteiger partial charge in [-0.15, -0.1) is 0 Å². The monoisotopic (exact) mass is 303 g/mol. The zero-order valence-electron chi connectivity index (χ0n) is 11.9. The first-order valence-electron chi connectivity index (χ1n) is 6.86. The second-order valence-electron chi connectivity index (χ2n) is 5.05. The maximum absolute atomic E-state index is 13.7. The second kappa shape index (κ2) is 5.59. The number of nitrogens with one attached hydrogen (secondary N) is 1. The maximum Gasteiger partial charge on any atom is 0.290 e. The van der Waals surface area contributed by atoms with Crippen LogP contribution in [0.2, 0.25) is 0 Å². The molecule has 1 aromatic carbocycles. The van der Waals surface area contributed by atoms with Crippen LogP contribution in [0, 0.1) is 22.9 Å². The van der Waals surface area contributed by atoms with E-state index in [1.165, 1.54) is 12.1 Å². The number of hydrogen-bond acceptors (Lipinski definition) is 5. The first kappa shape index (κ1) is 14.2. The van der Waals surface area contributed by atoms with Crippen molar-refractivity contribution in [2.45, 2.75) is 19.4 Å². The molecule has 0 fully saturated rings. The first-order chi connectivity index (χ1) is 10.6. The lowest BCUT2D eigenvalue weighted by atomic mass is 10.0. The summed E-state index contributed by atoms with van der Waals surface area (Å²) in [4.78, 5) is 14.5. The van der Waals surface area contributed by atoms with Crippen molar-refractivity contribution in [3.05, 3.63) is 57.5 Å². The van der Waals surface area contributed by atoms with Crippen molar-refractivity contribution >= 4 is 11.5 Å². The highest BCUT2D eigenvalue weighted by atomic mass is 19.1. The molecule has 1 atom stereocenters. The fourth-order valence-corrected chi connectivity index (χ4v) is 2.54. The molecule has 1 N–H and O–H groups in total. The molecule has 114 valence electrons. The van der Waals surface area contributed by atoms with E-state index in [2.05, 4.69) is 10.3 Å². The Kier molecular flexibility index (Phi) is 3.62. The van der Waals surface area contributed by atoms with E-state index in [1.54, 1.807) is 25.1 Å². The number of fused-ring (bicyclic) bond motifs is 1. The van der Waals surface area contributed by atoms with Crippen molar-refractivity contribution in [2.24, 2.45) is 0 Å². The summed E-state index contributed by atoms with van der Waals surface area (Å²) in [5.74, 6) is 0.381. The predicted molar refractivity (Wildman–Crippen MR) is 78.5 cm³/mol. The SMILES string of the molecule is Cc1nc(N[C@H]2CCOc3c(F)cccc32)ccc1[N+](=O)[O-]. The summed E-state index contributed by atoms with van der Waals surface area (Å²) in [6.07, 6.45) is 0.661. The van der Waals surface area contributed by atoms with Crippen molar-refractivity contribution in [3.63, 3.8) is 0 Å². The van der Waals surface area contributed by atoms with E-state index < -0.39 is 10.7 Å². The Labute approximate surface area is 126 Å². The van der Waals surface area contributed by atoms with Crippen LogP contribution < -0.4 is 10.1 Å². The highest BCUT2D eigenvalue weighted by Gasteiger charge is 2.24. The molecule has 3 rings (SSSR count). The summed E-state index contributed by atoms with van der Waals surface area (Å²) in [6.45, 7) is 1.98. The van der Waals surface area contributed by atoms with E-state index in [0.29, 0.717) is 24.5 Å². The number of halogens is 1. The standard InChI is InChI=1S/C15H14FN3O3/c1-9-13(19(20)21)5-6-14(17-9)18-12-7-8-22-15-10(12)3-2-4-11(15)16/h2-6,12H,7-8H2,1H3,(H,17,18)/t12-/m0/s1. The van der Waals surface area contributed by atoms with Gasteiger partial charge in [0, 0.05) is 18.1 Å². The van der Waals surface area contributed by atoms with Crippen molar-refractivity contribution in [3.8, 4) is 5.75 Å². The summed E-state index contributed by atoms with van der Waals surface area (Å²) in [5.41, 5.74) is 1.04. The van der Waals surface area contributed by atoms with Crippen molar-refractivity contribution in [1.82, 2.24) is 4.98 Å². The number of nitrogens with zero attached hydrogens (tertiary/aromatic N) is 2. The number of pyridine rings is 1. The summed E-state index contributed by atoms with van der Waals surface area (Å²) >= 11 is 0. The summed E-state index contributed by atoms with van der Waals surface area (Å²) in [5, 5.41) is 14.0. The largest absolute Gasteiger partial charge is 0.490 e. The number of aromatic nitrogens is 1. The number of para-hydroxylation sites is 1. The highest BCUT2D eigenvalue weighted by molar-refractivity contribution is 5.48. The molecule has 0 saturated carbocycles. The third kappa shape index (κ3) is 2.57. The Morgan fingerprint density at radius 1 is 1.41 bits per heavy atom. The molecule has 0 spiro atoms. The van der Waals surface area contributed by atoms with Gasteiger partial charge >= 0.3 is 0 Å². The topological polar surface area (TPSA) is 77.3 Å². The van der Waals surface area contributed by atoms with Crippen LogP contribution in [0.5, 0.6) is 5.75 Å². The van der Waals surface area contributed by atoms with Crippen LogP contribution in [0.25, 0.3) is 0 Å².